The lowest BCUT2D eigenvalue weighted by Gasteiger charge is -2.26. The van der Waals surface area contributed by atoms with Crippen molar-refractivity contribution in [2.45, 2.75) is 32.8 Å². The van der Waals surface area contributed by atoms with Gasteiger partial charge in [0.1, 0.15) is 17.4 Å². The molecule has 0 aliphatic carbocycles. The third kappa shape index (κ3) is 7.01. The molecule has 10 nitrogen and oxygen atoms in total. The monoisotopic (exact) mass is 641 g/mol. The molecule has 1 aromatic heterocycles. The number of likely N-dealkylation sites (tertiary alicyclic amines) is 2. The molecule has 0 bridgehead atoms. The maximum Gasteiger partial charge on any atom is 0.410 e. The molecule has 3 heterocycles. The molecule has 0 spiro atoms. The molecule has 0 radical (unpaired) electrons. The van der Waals surface area contributed by atoms with Crippen LogP contribution in [0.1, 0.15) is 32.8 Å². The van der Waals surface area contributed by atoms with E-state index in [1.807, 2.05) is 31.7 Å². The first-order valence-electron chi connectivity index (χ1n) is 14.5. The number of hydrogen-bond acceptors (Lipinski definition) is 9. The van der Waals surface area contributed by atoms with E-state index in [-0.39, 0.29) is 6.09 Å². The number of hydrogen-bond donors (Lipinski definition) is 1. The van der Waals surface area contributed by atoms with Crippen molar-refractivity contribution in [3.05, 3.63) is 46.1 Å². The minimum atomic E-state index is -0.482. The van der Waals surface area contributed by atoms with Crippen molar-refractivity contribution in [3.63, 3.8) is 0 Å². The van der Waals surface area contributed by atoms with Crippen LogP contribution in [0.2, 0.25) is 10.0 Å². The number of methoxy groups -OCH3 is 2. The highest BCUT2D eigenvalue weighted by Crippen LogP contribution is 2.40. The average Bonchev–Trinajstić information content (AvgIpc) is 3.55. The van der Waals surface area contributed by atoms with Gasteiger partial charge in [0.15, 0.2) is 11.5 Å². The van der Waals surface area contributed by atoms with Gasteiger partial charge < -0.3 is 34.1 Å². The number of nitrogens with one attached hydrogen (secondary N) is 1. The zero-order chi connectivity index (χ0) is 31.6. The molecule has 5 rings (SSSR count). The van der Waals surface area contributed by atoms with Crippen molar-refractivity contribution in [2.75, 3.05) is 58.9 Å². The average molecular weight is 643 g/mol. The third-order valence-electron chi connectivity index (χ3n) is 7.86. The Balaban J connectivity index is 1.22. The number of anilines is 2. The number of fused-ring (bicyclic) bond motifs is 2. The van der Waals surface area contributed by atoms with Crippen molar-refractivity contribution in [2.24, 2.45) is 11.8 Å². The van der Waals surface area contributed by atoms with Crippen LogP contribution in [-0.4, -0.2) is 80.0 Å². The highest BCUT2D eigenvalue weighted by atomic mass is 35.5. The molecule has 234 valence electrons. The second-order valence-corrected chi connectivity index (χ2v) is 13.0. The number of ether oxygens (including phenoxy) is 4. The first-order valence-corrected chi connectivity index (χ1v) is 15.3. The molecule has 2 aliphatic rings. The summed E-state index contributed by atoms with van der Waals surface area (Å²) in [5.74, 6) is 2.49. The fourth-order valence-corrected chi connectivity index (χ4v) is 6.33. The molecule has 2 fully saturated rings. The predicted octanol–water partition coefficient (Wildman–Crippen LogP) is 6.74. The van der Waals surface area contributed by atoms with Gasteiger partial charge in [0.2, 0.25) is 0 Å². The normalized spacial score (nSPS) is 18.2. The number of benzene rings is 2. The number of nitrogens with zero attached hydrogens (tertiary/aromatic N) is 4. The van der Waals surface area contributed by atoms with Gasteiger partial charge in [-0.2, -0.15) is 5.26 Å². The molecular weight excluding hydrogens is 605 g/mol. The summed E-state index contributed by atoms with van der Waals surface area (Å²) in [5.41, 5.74) is 1.53. The lowest BCUT2D eigenvalue weighted by Crippen LogP contribution is -2.37. The molecule has 0 unspecified atom stereocenters. The van der Waals surface area contributed by atoms with Crippen LogP contribution in [0, 0.1) is 23.2 Å². The van der Waals surface area contributed by atoms with E-state index in [1.54, 1.807) is 25.3 Å². The lowest BCUT2D eigenvalue weighted by molar-refractivity contribution is 0.0274. The summed E-state index contributed by atoms with van der Waals surface area (Å²) in [6, 6.07) is 9.07. The minimum Gasteiger partial charge on any atom is -0.495 e. The van der Waals surface area contributed by atoms with Gasteiger partial charge in [-0.25, -0.2) is 4.79 Å². The van der Waals surface area contributed by atoms with Gasteiger partial charge in [-0.05, 0) is 51.2 Å². The van der Waals surface area contributed by atoms with E-state index in [2.05, 4.69) is 21.3 Å². The molecule has 0 saturated carbocycles. The Bertz CT molecular complexity index is 1570. The van der Waals surface area contributed by atoms with Crippen LogP contribution in [0.15, 0.2) is 30.5 Å². The van der Waals surface area contributed by atoms with Crippen LogP contribution in [-0.2, 0) is 4.74 Å². The third-order valence-corrected chi connectivity index (χ3v) is 8.47. The number of amides is 1. The van der Waals surface area contributed by atoms with Crippen LogP contribution in [0.3, 0.4) is 0 Å². The summed E-state index contributed by atoms with van der Waals surface area (Å²) >= 11 is 12.7. The fourth-order valence-electron chi connectivity index (χ4n) is 5.83. The molecule has 2 saturated heterocycles. The molecule has 2 aliphatic heterocycles. The van der Waals surface area contributed by atoms with Crippen molar-refractivity contribution in [3.8, 4) is 23.3 Å². The number of halogens is 2. The molecule has 3 aromatic rings. The fraction of sp³-hybridized carbons (Fsp3) is 0.469. The molecule has 1 amide bonds. The molecular formula is C32H37Cl2N5O5. The predicted molar refractivity (Wildman–Crippen MR) is 171 cm³/mol. The summed E-state index contributed by atoms with van der Waals surface area (Å²) < 4.78 is 22.7. The first-order chi connectivity index (χ1) is 21.0. The molecule has 44 heavy (non-hydrogen) atoms. The van der Waals surface area contributed by atoms with E-state index in [0.29, 0.717) is 73.6 Å². The van der Waals surface area contributed by atoms with Crippen molar-refractivity contribution in [1.29, 1.82) is 5.26 Å². The topological polar surface area (TPSA) is 109 Å². The SMILES string of the molecule is COc1cc(Nc2c(C#N)cnc3cc(OCCCN4C[C@@H]5CN(C(=O)OC(C)(C)C)C[C@@H]5C4)c(OC)cc23)c(Cl)cc1Cl. The lowest BCUT2D eigenvalue weighted by atomic mass is 10.0. The van der Waals surface area contributed by atoms with Gasteiger partial charge in [-0.15, -0.1) is 0 Å². The highest BCUT2D eigenvalue weighted by molar-refractivity contribution is 6.37. The Hall–Kier alpha value is -3.65. The molecule has 12 heteroatoms. The smallest absolute Gasteiger partial charge is 0.410 e. The van der Waals surface area contributed by atoms with Crippen LogP contribution >= 0.6 is 23.2 Å². The van der Waals surface area contributed by atoms with Crippen LogP contribution in [0.5, 0.6) is 17.2 Å². The zero-order valence-electron chi connectivity index (χ0n) is 25.6. The molecule has 1 N–H and O–H groups in total. The van der Waals surface area contributed by atoms with Gasteiger partial charge in [0.05, 0.1) is 53.3 Å². The highest BCUT2D eigenvalue weighted by Gasteiger charge is 2.42. The van der Waals surface area contributed by atoms with Gasteiger partial charge in [-0.1, -0.05) is 23.2 Å². The van der Waals surface area contributed by atoms with E-state index in [0.717, 1.165) is 39.1 Å². The number of aromatic nitrogens is 1. The number of nitriles is 1. The summed E-state index contributed by atoms with van der Waals surface area (Å²) in [7, 11) is 3.10. The summed E-state index contributed by atoms with van der Waals surface area (Å²) in [6.45, 7) is 10.5. The number of pyridine rings is 1. The summed E-state index contributed by atoms with van der Waals surface area (Å²) in [6.07, 6.45) is 2.13. The standard InChI is InChI=1S/C32H37Cl2N5O5/c1-32(2,3)44-31(40)39-17-20-15-38(16-21(20)18-39)7-6-8-43-29-11-25-22(9-28(29)42-5)30(19(13-35)14-36-25)37-26-12-27(41-4)24(34)10-23(26)33/h9-12,14,20-21H,6-8,15-18H2,1-5H3,(H,36,37)/t20-,21+. The second kappa shape index (κ2) is 13.1. The number of carbonyl (C=O) groups is 1. The zero-order valence-corrected chi connectivity index (χ0v) is 27.1. The van der Waals surface area contributed by atoms with Crippen molar-refractivity contribution >= 4 is 51.6 Å². The van der Waals surface area contributed by atoms with Gasteiger partial charge in [-0.3, -0.25) is 4.98 Å². The summed E-state index contributed by atoms with van der Waals surface area (Å²) in [4.78, 5) is 21.3. The maximum atomic E-state index is 12.5. The van der Waals surface area contributed by atoms with Crippen LogP contribution < -0.4 is 19.5 Å². The molecule has 2 aromatic carbocycles. The Kier molecular flexibility index (Phi) is 9.49. The van der Waals surface area contributed by atoms with Gasteiger partial charge >= 0.3 is 6.09 Å². The van der Waals surface area contributed by atoms with Crippen molar-refractivity contribution < 1.29 is 23.7 Å². The van der Waals surface area contributed by atoms with E-state index < -0.39 is 5.60 Å². The van der Waals surface area contributed by atoms with Gasteiger partial charge in [0, 0.05) is 56.4 Å². The van der Waals surface area contributed by atoms with E-state index >= 15 is 0 Å². The Morgan fingerprint density at radius 1 is 1.02 bits per heavy atom. The van der Waals surface area contributed by atoms with E-state index in [1.165, 1.54) is 13.3 Å². The summed E-state index contributed by atoms with van der Waals surface area (Å²) in [5, 5.41) is 14.5. The van der Waals surface area contributed by atoms with E-state index in [4.69, 9.17) is 42.1 Å². The Morgan fingerprint density at radius 3 is 2.36 bits per heavy atom. The first kappa shape index (κ1) is 31.8. The largest absolute Gasteiger partial charge is 0.495 e. The Labute approximate surface area is 267 Å². The van der Waals surface area contributed by atoms with Crippen LogP contribution in [0.4, 0.5) is 16.2 Å². The quantitative estimate of drug-likeness (QED) is 0.254. The second-order valence-electron chi connectivity index (χ2n) is 12.1. The van der Waals surface area contributed by atoms with Crippen LogP contribution in [0.25, 0.3) is 10.9 Å². The molecule has 2 atom stereocenters. The Morgan fingerprint density at radius 2 is 1.73 bits per heavy atom. The number of carbonyl (C=O) groups excluding carboxylic acids is 1. The number of rotatable bonds is 9. The van der Waals surface area contributed by atoms with Crippen molar-refractivity contribution in [1.82, 2.24) is 14.8 Å². The van der Waals surface area contributed by atoms with Gasteiger partial charge in [0.25, 0.3) is 0 Å². The minimum absolute atomic E-state index is 0.216. The maximum absolute atomic E-state index is 12.5. The van der Waals surface area contributed by atoms with E-state index in [9.17, 15) is 10.1 Å².